The van der Waals surface area contributed by atoms with Crippen LogP contribution in [-0.2, 0) is 23.9 Å². The van der Waals surface area contributed by atoms with Crippen molar-refractivity contribution in [2.75, 3.05) is 0 Å². The lowest BCUT2D eigenvalue weighted by atomic mass is 9.46. The van der Waals surface area contributed by atoms with Gasteiger partial charge in [0.05, 0.1) is 6.10 Å². The molecule has 1 saturated heterocycles. The van der Waals surface area contributed by atoms with E-state index in [1.165, 1.54) is 12.5 Å². The van der Waals surface area contributed by atoms with Gasteiger partial charge < -0.3 is 9.47 Å². The van der Waals surface area contributed by atoms with Gasteiger partial charge in [-0.3, -0.25) is 14.4 Å². The molecule has 5 rings (SSSR count). The van der Waals surface area contributed by atoms with Crippen LogP contribution in [0.15, 0.2) is 11.6 Å². The fourth-order valence-corrected chi connectivity index (χ4v) is 7.87. The Bertz CT molecular complexity index is 814. The molecular weight excluding hydrogens is 356 g/mol. The number of Topliss-reactive ketones (excluding diaryl/α,β-unsaturated/α-hetero) is 1. The van der Waals surface area contributed by atoms with Crippen molar-refractivity contribution in [3.63, 3.8) is 0 Å². The van der Waals surface area contributed by atoms with E-state index in [1.54, 1.807) is 6.92 Å². The smallest absolute Gasteiger partial charge is 0.303 e. The lowest BCUT2D eigenvalue weighted by molar-refractivity contribution is -0.187. The quantitative estimate of drug-likeness (QED) is 0.537. The third-order valence-electron chi connectivity index (χ3n) is 9.24. The van der Waals surface area contributed by atoms with Gasteiger partial charge in [0.15, 0.2) is 17.2 Å². The largest absolute Gasteiger partial charge is 0.451 e. The zero-order valence-corrected chi connectivity index (χ0v) is 17.2. The van der Waals surface area contributed by atoms with E-state index < -0.39 is 5.60 Å². The summed E-state index contributed by atoms with van der Waals surface area (Å²) >= 11 is 0. The lowest BCUT2D eigenvalue weighted by Crippen LogP contribution is -2.59. The fourth-order valence-electron chi connectivity index (χ4n) is 7.87. The van der Waals surface area contributed by atoms with Gasteiger partial charge in [-0.1, -0.05) is 13.8 Å². The van der Waals surface area contributed by atoms with Gasteiger partial charge in [-0.2, -0.15) is 0 Å². The zero-order valence-electron chi connectivity index (χ0n) is 17.2. The van der Waals surface area contributed by atoms with E-state index in [0.29, 0.717) is 30.6 Å². The second kappa shape index (κ2) is 5.56. The van der Waals surface area contributed by atoms with E-state index >= 15 is 0 Å². The highest BCUT2D eigenvalue weighted by Gasteiger charge is 2.73. The number of epoxide rings is 1. The number of carbonyl (C=O) groups is 3. The monoisotopic (exact) mass is 386 g/mol. The van der Waals surface area contributed by atoms with Crippen molar-refractivity contribution in [2.45, 2.75) is 84.0 Å². The van der Waals surface area contributed by atoms with Crippen molar-refractivity contribution in [1.82, 2.24) is 0 Å². The van der Waals surface area contributed by atoms with Gasteiger partial charge in [0.25, 0.3) is 0 Å². The van der Waals surface area contributed by atoms with E-state index in [0.717, 1.165) is 25.7 Å². The highest BCUT2D eigenvalue weighted by atomic mass is 16.6. The first-order valence-electron chi connectivity index (χ1n) is 10.7. The Morgan fingerprint density at radius 3 is 2.50 bits per heavy atom. The molecule has 4 fully saturated rings. The van der Waals surface area contributed by atoms with E-state index in [-0.39, 0.29) is 40.6 Å². The second-order valence-corrected chi connectivity index (χ2v) is 10.3. The maximum Gasteiger partial charge on any atom is 0.303 e. The number of carbonyl (C=O) groups excluding carboxylic acids is 3. The average molecular weight is 386 g/mol. The molecule has 0 radical (unpaired) electrons. The van der Waals surface area contributed by atoms with Gasteiger partial charge in [0, 0.05) is 18.8 Å². The Balaban J connectivity index is 1.55. The van der Waals surface area contributed by atoms with E-state index in [1.807, 2.05) is 6.08 Å². The van der Waals surface area contributed by atoms with Crippen LogP contribution in [-0.4, -0.2) is 35.3 Å². The normalized spacial score (nSPS) is 51.2. The Hall–Kier alpha value is -1.49. The van der Waals surface area contributed by atoms with Gasteiger partial charge in [-0.05, 0) is 73.8 Å². The number of ether oxygens (including phenoxy) is 2. The first kappa shape index (κ1) is 18.5. The number of fused-ring (bicyclic) bond motifs is 8. The second-order valence-electron chi connectivity index (χ2n) is 10.3. The summed E-state index contributed by atoms with van der Waals surface area (Å²) in [6.07, 6.45) is 6.98. The minimum Gasteiger partial charge on any atom is -0.451 e. The Kier molecular flexibility index (Phi) is 3.68. The maximum atomic E-state index is 12.8. The summed E-state index contributed by atoms with van der Waals surface area (Å²) in [6, 6.07) is 0. The van der Waals surface area contributed by atoms with Gasteiger partial charge in [-0.25, -0.2) is 0 Å². The molecule has 0 aromatic rings. The molecule has 1 aliphatic heterocycles. The number of rotatable bonds is 2. The van der Waals surface area contributed by atoms with Gasteiger partial charge in [0.2, 0.25) is 0 Å². The van der Waals surface area contributed by atoms with E-state index in [2.05, 4.69) is 13.8 Å². The van der Waals surface area contributed by atoms with Gasteiger partial charge in [0.1, 0.15) is 6.10 Å². The molecule has 1 heterocycles. The predicted octanol–water partition coefficient (Wildman–Crippen LogP) is 3.40. The average Bonchev–Trinajstić information content (AvgIpc) is 3.35. The lowest BCUT2D eigenvalue weighted by Gasteiger charge is -2.57. The summed E-state index contributed by atoms with van der Waals surface area (Å²) in [6.45, 7) is 7.48. The number of ketones is 2. The van der Waals surface area contributed by atoms with Gasteiger partial charge in [-0.15, -0.1) is 0 Å². The molecule has 4 unspecified atom stereocenters. The fraction of sp³-hybridized carbons (Fsp3) is 0.783. The molecule has 5 nitrogen and oxygen atoms in total. The number of hydrogen-bond donors (Lipinski definition) is 0. The molecule has 3 saturated carbocycles. The van der Waals surface area contributed by atoms with Crippen LogP contribution in [0.25, 0.3) is 0 Å². The SMILES string of the molecule is CC(=O)O[C@]1(C(C)=O)CCC2C3C(CC[C@@]21C)[C@@]1(C)CCC(=O)C=C1C1O[C@H]13. The number of hydrogen-bond acceptors (Lipinski definition) is 5. The molecule has 0 amide bonds. The third kappa shape index (κ3) is 2.09. The van der Waals surface area contributed by atoms with Crippen molar-refractivity contribution in [3.8, 4) is 0 Å². The molecule has 5 heteroatoms. The summed E-state index contributed by atoms with van der Waals surface area (Å²) < 4.78 is 12.0. The van der Waals surface area contributed by atoms with Gasteiger partial charge >= 0.3 is 5.97 Å². The first-order chi connectivity index (χ1) is 13.1. The van der Waals surface area contributed by atoms with Crippen molar-refractivity contribution in [3.05, 3.63) is 11.6 Å². The minimum atomic E-state index is -1.00. The molecule has 8 atom stereocenters. The first-order valence-corrected chi connectivity index (χ1v) is 10.7. The minimum absolute atomic E-state index is 0.0144. The standard InChI is InChI=1S/C23H30O5/c1-12(24)23(28-13(2)25)10-7-16-18-15(6-9-22(16,23)4)21(3)8-5-14(26)11-17(21)19-20(18)27-19/h11,15-16,18-20H,5-10H2,1-4H3/t15?,16?,18?,19?,20-,21+,22-,23-/m0/s1. The van der Waals surface area contributed by atoms with Crippen LogP contribution < -0.4 is 0 Å². The van der Waals surface area contributed by atoms with Crippen LogP contribution in [0.5, 0.6) is 0 Å². The van der Waals surface area contributed by atoms with Crippen LogP contribution in [0, 0.1) is 28.6 Å². The molecule has 0 aromatic heterocycles. The summed E-state index contributed by atoms with van der Waals surface area (Å²) in [5, 5.41) is 0. The Morgan fingerprint density at radius 2 is 1.82 bits per heavy atom. The van der Waals surface area contributed by atoms with Crippen molar-refractivity contribution >= 4 is 17.5 Å². The molecule has 0 aromatic carbocycles. The molecule has 28 heavy (non-hydrogen) atoms. The summed E-state index contributed by atoms with van der Waals surface area (Å²) in [7, 11) is 0. The molecule has 0 bridgehead atoms. The van der Waals surface area contributed by atoms with E-state index in [9.17, 15) is 14.4 Å². The molecule has 4 aliphatic carbocycles. The maximum absolute atomic E-state index is 12.8. The van der Waals surface area contributed by atoms with Crippen LogP contribution in [0.4, 0.5) is 0 Å². The van der Waals surface area contributed by atoms with Crippen molar-refractivity contribution in [2.24, 2.45) is 28.6 Å². The number of esters is 1. The molecular formula is C23H30O5. The highest BCUT2D eigenvalue weighted by molar-refractivity contribution is 5.92. The van der Waals surface area contributed by atoms with Crippen LogP contribution in [0.2, 0.25) is 0 Å². The Labute approximate surface area is 166 Å². The molecule has 0 N–H and O–H groups in total. The van der Waals surface area contributed by atoms with Crippen molar-refractivity contribution in [1.29, 1.82) is 0 Å². The predicted molar refractivity (Wildman–Crippen MR) is 101 cm³/mol. The zero-order chi connectivity index (χ0) is 20.1. The van der Waals surface area contributed by atoms with E-state index in [4.69, 9.17) is 9.47 Å². The summed E-state index contributed by atoms with van der Waals surface area (Å²) in [5.74, 6) is 0.981. The third-order valence-corrected chi connectivity index (χ3v) is 9.24. The van der Waals surface area contributed by atoms with Crippen LogP contribution in [0.3, 0.4) is 0 Å². The highest BCUT2D eigenvalue weighted by Crippen LogP contribution is 2.71. The topological polar surface area (TPSA) is 73.0 Å². The Morgan fingerprint density at radius 1 is 1.11 bits per heavy atom. The molecule has 152 valence electrons. The summed E-state index contributed by atoms with van der Waals surface area (Å²) in [4.78, 5) is 36.8. The molecule has 0 spiro atoms. The molecule has 5 aliphatic rings. The van der Waals surface area contributed by atoms with Crippen LogP contribution in [0.1, 0.15) is 66.2 Å². The summed E-state index contributed by atoms with van der Waals surface area (Å²) in [5.41, 5.74) is -0.113. The van der Waals surface area contributed by atoms with Crippen LogP contribution >= 0.6 is 0 Å². The van der Waals surface area contributed by atoms with Crippen molar-refractivity contribution < 1.29 is 23.9 Å².